The SMILES string of the molecule is CCc1cnc(Cl)cc1N[C@H]1CCNC1. The van der Waals surface area contributed by atoms with Crippen molar-refractivity contribution < 1.29 is 0 Å². The Morgan fingerprint density at radius 1 is 1.67 bits per heavy atom. The fourth-order valence-corrected chi connectivity index (χ4v) is 2.03. The Morgan fingerprint density at radius 3 is 3.20 bits per heavy atom. The maximum Gasteiger partial charge on any atom is 0.131 e. The molecule has 2 N–H and O–H groups in total. The third-order valence-electron chi connectivity index (χ3n) is 2.75. The molecule has 1 saturated heterocycles. The van der Waals surface area contributed by atoms with E-state index in [0.717, 1.165) is 25.2 Å². The van der Waals surface area contributed by atoms with E-state index < -0.39 is 0 Å². The van der Waals surface area contributed by atoms with Crippen LogP contribution in [-0.2, 0) is 6.42 Å². The van der Waals surface area contributed by atoms with E-state index in [1.807, 2.05) is 12.3 Å². The molecule has 2 heterocycles. The topological polar surface area (TPSA) is 37.0 Å². The Bertz CT molecular complexity index is 335. The van der Waals surface area contributed by atoms with Gasteiger partial charge in [0.1, 0.15) is 5.15 Å². The minimum atomic E-state index is 0.522. The van der Waals surface area contributed by atoms with Crippen LogP contribution in [0.3, 0.4) is 0 Å². The lowest BCUT2D eigenvalue weighted by molar-refractivity contribution is 0.790. The van der Waals surface area contributed by atoms with E-state index in [2.05, 4.69) is 22.5 Å². The number of aromatic nitrogens is 1. The van der Waals surface area contributed by atoms with E-state index in [0.29, 0.717) is 11.2 Å². The van der Waals surface area contributed by atoms with Crippen molar-refractivity contribution in [2.24, 2.45) is 0 Å². The largest absolute Gasteiger partial charge is 0.381 e. The first-order chi connectivity index (χ1) is 7.29. The summed E-state index contributed by atoms with van der Waals surface area (Å²) in [5.74, 6) is 0. The highest BCUT2D eigenvalue weighted by molar-refractivity contribution is 6.29. The summed E-state index contributed by atoms with van der Waals surface area (Å²) in [6.45, 7) is 4.25. The van der Waals surface area contributed by atoms with Crippen LogP contribution in [0.1, 0.15) is 18.9 Å². The molecule has 2 rings (SSSR count). The normalized spacial score (nSPS) is 20.5. The van der Waals surface area contributed by atoms with Crippen molar-refractivity contribution in [3.05, 3.63) is 23.0 Å². The van der Waals surface area contributed by atoms with Gasteiger partial charge in [-0.15, -0.1) is 0 Å². The zero-order valence-electron chi connectivity index (χ0n) is 8.89. The zero-order chi connectivity index (χ0) is 10.7. The summed E-state index contributed by atoms with van der Waals surface area (Å²) in [6, 6.07) is 2.44. The lowest BCUT2D eigenvalue weighted by atomic mass is 10.1. The summed E-state index contributed by atoms with van der Waals surface area (Å²) in [7, 11) is 0. The van der Waals surface area contributed by atoms with Gasteiger partial charge in [-0.05, 0) is 31.0 Å². The highest BCUT2D eigenvalue weighted by Crippen LogP contribution is 2.21. The predicted molar refractivity (Wildman–Crippen MR) is 63.5 cm³/mol. The van der Waals surface area contributed by atoms with Gasteiger partial charge in [-0.3, -0.25) is 0 Å². The number of hydrogen-bond acceptors (Lipinski definition) is 3. The minimum Gasteiger partial charge on any atom is -0.381 e. The van der Waals surface area contributed by atoms with Crippen LogP contribution in [0.15, 0.2) is 12.3 Å². The van der Waals surface area contributed by atoms with Gasteiger partial charge < -0.3 is 10.6 Å². The van der Waals surface area contributed by atoms with E-state index in [1.54, 1.807) is 0 Å². The van der Waals surface area contributed by atoms with Crippen molar-refractivity contribution in [3.8, 4) is 0 Å². The van der Waals surface area contributed by atoms with Crippen LogP contribution in [-0.4, -0.2) is 24.1 Å². The Hall–Kier alpha value is -0.800. The van der Waals surface area contributed by atoms with Crippen LogP contribution >= 0.6 is 11.6 Å². The van der Waals surface area contributed by atoms with Crippen LogP contribution < -0.4 is 10.6 Å². The van der Waals surface area contributed by atoms with E-state index in [9.17, 15) is 0 Å². The molecule has 1 aliphatic heterocycles. The quantitative estimate of drug-likeness (QED) is 0.774. The highest BCUT2D eigenvalue weighted by Gasteiger charge is 2.15. The van der Waals surface area contributed by atoms with Gasteiger partial charge >= 0.3 is 0 Å². The molecule has 1 atom stereocenters. The molecule has 1 aromatic heterocycles. The van der Waals surface area contributed by atoms with Gasteiger partial charge in [0.2, 0.25) is 0 Å². The number of aryl methyl sites for hydroxylation is 1. The fraction of sp³-hybridized carbons (Fsp3) is 0.545. The maximum atomic E-state index is 5.89. The first-order valence-electron chi connectivity index (χ1n) is 5.41. The van der Waals surface area contributed by atoms with E-state index in [-0.39, 0.29) is 0 Å². The standard InChI is InChI=1S/C11H16ClN3/c1-2-8-6-14-11(12)5-10(8)15-9-3-4-13-7-9/h5-6,9,13H,2-4,7H2,1H3,(H,14,15)/t9-/m0/s1. The van der Waals surface area contributed by atoms with Crippen molar-refractivity contribution >= 4 is 17.3 Å². The summed E-state index contributed by atoms with van der Waals surface area (Å²) in [5, 5.41) is 7.40. The Kier molecular flexibility index (Phi) is 3.44. The van der Waals surface area contributed by atoms with Crippen molar-refractivity contribution in [1.82, 2.24) is 10.3 Å². The Balaban J connectivity index is 2.14. The number of anilines is 1. The van der Waals surface area contributed by atoms with E-state index in [1.165, 1.54) is 12.0 Å². The van der Waals surface area contributed by atoms with Crippen LogP contribution in [0.4, 0.5) is 5.69 Å². The lowest BCUT2D eigenvalue weighted by Crippen LogP contribution is -2.22. The molecule has 1 aromatic rings. The molecule has 0 unspecified atom stereocenters. The minimum absolute atomic E-state index is 0.522. The van der Waals surface area contributed by atoms with Gasteiger partial charge in [-0.2, -0.15) is 0 Å². The molecule has 82 valence electrons. The first kappa shape index (κ1) is 10.7. The molecule has 0 radical (unpaired) electrons. The number of pyridine rings is 1. The summed E-state index contributed by atoms with van der Waals surface area (Å²) >= 11 is 5.89. The summed E-state index contributed by atoms with van der Waals surface area (Å²) in [5.41, 5.74) is 2.36. The molecule has 1 fully saturated rings. The van der Waals surface area contributed by atoms with Crippen molar-refractivity contribution in [1.29, 1.82) is 0 Å². The number of nitrogens with one attached hydrogen (secondary N) is 2. The number of halogens is 1. The fourth-order valence-electron chi connectivity index (χ4n) is 1.87. The molecule has 4 heteroatoms. The van der Waals surface area contributed by atoms with E-state index >= 15 is 0 Å². The Labute approximate surface area is 95.2 Å². The molecule has 0 aromatic carbocycles. The Morgan fingerprint density at radius 2 is 2.53 bits per heavy atom. The van der Waals surface area contributed by atoms with Gasteiger partial charge in [0.05, 0.1) is 0 Å². The molecule has 0 amide bonds. The molecule has 15 heavy (non-hydrogen) atoms. The van der Waals surface area contributed by atoms with Crippen LogP contribution in [0.25, 0.3) is 0 Å². The lowest BCUT2D eigenvalue weighted by Gasteiger charge is -2.15. The van der Waals surface area contributed by atoms with Crippen LogP contribution in [0.2, 0.25) is 5.15 Å². The van der Waals surface area contributed by atoms with Crippen molar-refractivity contribution in [3.63, 3.8) is 0 Å². The summed E-state index contributed by atoms with van der Waals surface area (Å²) in [6.07, 6.45) is 4.00. The number of nitrogens with zero attached hydrogens (tertiary/aromatic N) is 1. The van der Waals surface area contributed by atoms with Crippen LogP contribution in [0.5, 0.6) is 0 Å². The smallest absolute Gasteiger partial charge is 0.131 e. The third-order valence-corrected chi connectivity index (χ3v) is 2.96. The average molecular weight is 226 g/mol. The van der Waals surface area contributed by atoms with E-state index in [4.69, 9.17) is 11.6 Å². The van der Waals surface area contributed by atoms with Crippen molar-refractivity contribution in [2.75, 3.05) is 18.4 Å². The molecule has 0 aliphatic carbocycles. The zero-order valence-corrected chi connectivity index (χ0v) is 9.64. The molecule has 0 bridgehead atoms. The number of hydrogen-bond donors (Lipinski definition) is 2. The maximum absolute atomic E-state index is 5.89. The summed E-state index contributed by atoms with van der Waals surface area (Å²) < 4.78 is 0. The van der Waals surface area contributed by atoms with Gasteiger partial charge in [0.25, 0.3) is 0 Å². The van der Waals surface area contributed by atoms with Gasteiger partial charge in [-0.1, -0.05) is 18.5 Å². The molecule has 0 spiro atoms. The van der Waals surface area contributed by atoms with Crippen molar-refractivity contribution in [2.45, 2.75) is 25.8 Å². The van der Waals surface area contributed by atoms with Gasteiger partial charge in [0, 0.05) is 24.5 Å². The van der Waals surface area contributed by atoms with Gasteiger partial charge in [0.15, 0.2) is 0 Å². The first-order valence-corrected chi connectivity index (χ1v) is 5.79. The second kappa shape index (κ2) is 4.81. The third kappa shape index (κ3) is 2.61. The molecule has 3 nitrogen and oxygen atoms in total. The highest BCUT2D eigenvalue weighted by atomic mass is 35.5. The summed E-state index contributed by atoms with van der Waals surface area (Å²) in [4.78, 5) is 4.09. The second-order valence-corrected chi connectivity index (χ2v) is 4.24. The van der Waals surface area contributed by atoms with Gasteiger partial charge in [-0.25, -0.2) is 4.98 Å². The molecular formula is C11H16ClN3. The second-order valence-electron chi connectivity index (χ2n) is 3.85. The molecular weight excluding hydrogens is 210 g/mol. The monoisotopic (exact) mass is 225 g/mol. The predicted octanol–water partition coefficient (Wildman–Crippen LogP) is 2.07. The number of rotatable bonds is 3. The molecule has 0 saturated carbocycles. The van der Waals surface area contributed by atoms with Crippen LogP contribution in [0, 0.1) is 0 Å². The average Bonchev–Trinajstić information content (AvgIpc) is 2.71. The molecule has 1 aliphatic rings.